The minimum Gasteiger partial charge on any atom is -0.463 e. The second kappa shape index (κ2) is 8.48. The molecule has 1 aromatic carbocycles. The summed E-state index contributed by atoms with van der Waals surface area (Å²) in [6, 6.07) is 16.1. The lowest BCUT2D eigenvalue weighted by molar-refractivity contribution is 0.0945. The number of benzene rings is 1. The first-order chi connectivity index (χ1) is 15.7. The Morgan fingerprint density at radius 3 is 2.75 bits per heavy atom. The second-order valence-electron chi connectivity index (χ2n) is 6.79. The highest BCUT2D eigenvalue weighted by Gasteiger charge is 2.19. The molecule has 0 radical (unpaired) electrons. The SMILES string of the molecule is O=C(NCc1cccnc1-n1cncn1)c1cc(-c2ccco2)n(-c2ccc(Cl)cc2)n1. The first-order valence-corrected chi connectivity index (χ1v) is 10.0. The van der Waals surface area contributed by atoms with E-state index in [4.69, 9.17) is 16.0 Å². The van der Waals surface area contributed by atoms with E-state index in [2.05, 4.69) is 25.5 Å². The lowest BCUT2D eigenvalue weighted by Crippen LogP contribution is -2.24. The molecular weight excluding hydrogens is 430 g/mol. The zero-order valence-corrected chi connectivity index (χ0v) is 17.3. The predicted octanol–water partition coefficient (Wildman–Crippen LogP) is 3.69. The van der Waals surface area contributed by atoms with E-state index < -0.39 is 0 Å². The van der Waals surface area contributed by atoms with Crippen molar-refractivity contribution in [3.8, 4) is 23.0 Å². The van der Waals surface area contributed by atoms with Gasteiger partial charge in [-0.25, -0.2) is 19.3 Å². The molecule has 9 nitrogen and oxygen atoms in total. The average Bonchev–Trinajstić information content (AvgIpc) is 3.59. The topological polar surface area (TPSA) is 104 Å². The molecule has 4 heterocycles. The molecule has 0 saturated heterocycles. The molecule has 0 fully saturated rings. The Bertz CT molecular complexity index is 1340. The third-order valence-electron chi connectivity index (χ3n) is 4.73. The lowest BCUT2D eigenvalue weighted by Gasteiger charge is -2.08. The van der Waals surface area contributed by atoms with Crippen LogP contribution < -0.4 is 5.32 Å². The third kappa shape index (κ3) is 3.88. The summed E-state index contributed by atoms with van der Waals surface area (Å²) in [4.78, 5) is 21.2. The van der Waals surface area contributed by atoms with E-state index >= 15 is 0 Å². The summed E-state index contributed by atoms with van der Waals surface area (Å²) < 4.78 is 8.74. The van der Waals surface area contributed by atoms with Crippen molar-refractivity contribution in [1.29, 1.82) is 0 Å². The van der Waals surface area contributed by atoms with Crippen LogP contribution in [0.25, 0.3) is 23.0 Å². The van der Waals surface area contributed by atoms with Gasteiger partial charge in [-0.05, 0) is 42.5 Å². The molecular formula is C22H16ClN7O2. The van der Waals surface area contributed by atoms with E-state index in [9.17, 15) is 4.79 Å². The number of halogens is 1. The highest BCUT2D eigenvalue weighted by molar-refractivity contribution is 6.30. The van der Waals surface area contributed by atoms with E-state index in [0.29, 0.717) is 22.3 Å². The van der Waals surface area contributed by atoms with E-state index in [0.717, 1.165) is 11.3 Å². The number of nitrogens with zero attached hydrogens (tertiary/aromatic N) is 6. The molecule has 0 aliphatic rings. The minimum atomic E-state index is -0.334. The Hall–Kier alpha value is -4.24. The quantitative estimate of drug-likeness (QED) is 0.427. The van der Waals surface area contributed by atoms with E-state index in [1.807, 2.05) is 24.3 Å². The van der Waals surface area contributed by atoms with Crippen molar-refractivity contribution < 1.29 is 9.21 Å². The van der Waals surface area contributed by atoms with Crippen molar-refractivity contribution in [3.05, 3.63) is 96.0 Å². The Morgan fingerprint density at radius 1 is 1.12 bits per heavy atom. The van der Waals surface area contributed by atoms with Gasteiger partial charge in [-0.2, -0.15) is 10.2 Å². The molecule has 0 aliphatic heterocycles. The molecule has 0 saturated carbocycles. The smallest absolute Gasteiger partial charge is 0.272 e. The number of hydrogen-bond donors (Lipinski definition) is 1. The molecule has 32 heavy (non-hydrogen) atoms. The van der Waals surface area contributed by atoms with E-state index in [1.165, 1.54) is 6.33 Å². The first kappa shape index (κ1) is 19.7. The summed E-state index contributed by atoms with van der Waals surface area (Å²) in [5, 5.41) is 12.1. The summed E-state index contributed by atoms with van der Waals surface area (Å²) >= 11 is 6.02. The van der Waals surface area contributed by atoms with Crippen LogP contribution in [0.4, 0.5) is 0 Å². The maximum Gasteiger partial charge on any atom is 0.272 e. The number of aromatic nitrogens is 6. The first-order valence-electron chi connectivity index (χ1n) is 9.66. The van der Waals surface area contributed by atoms with Gasteiger partial charge in [0.25, 0.3) is 5.91 Å². The average molecular weight is 446 g/mol. The molecule has 5 aromatic rings. The largest absolute Gasteiger partial charge is 0.463 e. The Kier molecular flexibility index (Phi) is 5.22. The summed E-state index contributed by atoms with van der Waals surface area (Å²) in [6.45, 7) is 0.242. The number of pyridine rings is 1. The van der Waals surface area contributed by atoms with Crippen LogP contribution in [0.3, 0.4) is 0 Å². The fourth-order valence-electron chi connectivity index (χ4n) is 3.23. The summed E-state index contributed by atoms with van der Waals surface area (Å²) in [7, 11) is 0. The molecule has 158 valence electrons. The lowest BCUT2D eigenvalue weighted by atomic mass is 10.2. The maximum atomic E-state index is 12.9. The molecule has 0 spiro atoms. The molecule has 10 heteroatoms. The molecule has 4 aromatic heterocycles. The second-order valence-corrected chi connectivity index (χ2v) is 7.23. The zero-order valence-electron chi connectivity index (χ0n) is 16.6. The van der Waals surface area contributed by atoms with Crippen LogP contribution in [-0.2, 0) is 6.54 Å². The highest BCUT2D eigenvalue weighted by Crippen LogP contribution is 2.25. The van der Waals surface area contributed by atoms with Gasteiger partial charge in [-0.15, -0.1) is 0 Å². The zero-order chi connectivity index (χ0) is 21.9. The number of amides is 1. The number of furan rings is 1. The Morgan fingerprint density at radius 2 is 2.00 bits per heavy atom. The molecule has 0 aliphatic carbocycles. The van der Waals surface area contributed by atoms with Gasteiger partial charge in [-0.1, -0.05) is 17.7 Å². The van der Waals surface area contributed by atoms with Crippen LogP contribution in [0.1, 0.15) is 16.1 Å². The summed E-state index contributed by atoms with van der Waals surface area (Å²) in [6.07, 6.45) is 6.21. The third-order valence-corrected chi connectivity index (χ3v) is 4.98. The monoisotopic (exact) mass is 445 g/mol. The van der Waals surface area contributed by atoms with E-state index in [1.54, 1.807) is 58.5 Å². The predicted molar refractivity (Wildman–Crippen MR) is 117 cm³/mol. The van der Waals surface area contributed by atoms with Crippen molar-refractivity contribution in [3.63, 3.8) is 0 Å². The minimum absolute atomic E-state index is 0.242. The number of carbonyl (C=O) groups is 1. The highest BCUT2D eigenvalue weighted by atomic mass is 35.5. The standard InChI is InChI=1S/C22H16ClN7O2/c23-16-5-7-17(8-6-16)30-19(20-4-2-10-32-20)11-18(28-30)22(31)26-12-15-3-1-9-25-21(15)29-14-24-13-27-29/h1-11,13-14H,12H2,(H,26,31). The number of carbonyl (C=O) groups excluding carboxylic acids is 1. The summed E-state index contributed by atoms with van der Waals surface area (Å²) in [5.41, 5.74) is 2.43. The number of nitrogens with one attached hydrogen (secondary N) is 1. The van der Waals surface area contributed by atoms with Crippen LogP contribution in [0.2, 0.25) is 5.02 Å². The van der Waals surface area contributed by atoms with Crippen LogP contribution in [0, 0.1) is 0 Å². The van der Waals surface area contributed by atoms with Gasteiger partial charge in [0.1, 0.15) is 18.3 Å². The van der Waals surface area contributed by atoms with Crippen LogP contribution >= 0.6 is 11.6 Å². The van der Waals surface area contributed by atoms with Crippen LogP contribution in [0.15, 0.2) is 84.1 Å². The van der Waals surface area contributed by atoms with Gasteiger partial charge in [0, 0.05) is 29.4 Å². The fourth-order valence-corrected chi connectivity index (χ4v) is 3.36. The molecule has 5 rings (SSSR count). The molecule has 0 bridgehead atoms. The maximum absolute atomic E-state index is 12.9. The number of hydrogen-bond acceptors (Lipinski definition) is 6. The molecule has 1 N–H and O–H groups in total. The van der Waals surface area contributed by atoms with Gasteiger partial charge in [0.15, 0.2) is 17.3 Å². The van der Waals surface area contributed by atoms with Crippen LogP contribution in [0.5, 0.6) is 0 Å². The van der Waals surface area contributed by atoms with Crippen molar-refractivity contribution in [2.75, 3.05) is 0 Å². The van der Waals surface area contributed by atoms with Gasteiger partial charge >= 0.3 is 0 Å². The summed E-state index contributed by atoms with van der Waals surface area (Å²) in [5.74, 6) is 0.847. The van der Waals surface area contributed by atoms with Gasteiger partial charge in [-0.3, -0.25) is 4.79 Å². The van der Waals surface area contributed by atoms with Gasteiger partial charge in [0.2, 0.25) is 0 Å². The van der Waals surface area contributed by atoms with Crippen molar-refractivity contribution in [2.45, 2.75) is 6.54 Å². The Balaban J connectivity index is 1.43. The Labute approximate surface area is 187 Å². The fraction of sp³-hybridized carbons (Fsp3) is 0.0455. The van der Waals surface area contributed by atoms with Crippen molar-refractivity contribution in [1.82, 2.24) is 34.8 Å². The van der Waals surface area contributed by atoms with E-state index in [-0.39, 0.29) is 18.1 Å². The normalized spacial score (nSPS) is 10.9. The van der Waals surface area contributed by atoms with Gasteiger partial charge in [0.05, 0.1) is 12.0 Å². The van der Waals surface area contributed by atoms with Crippen molar-refractivity contribution in [2.24, 2.45) is 0 Å². The van der Waals surface area contributed by atoms with Crippen molar-refractivity contribution >= 4 is 17.5 Å². The number of rotatable bonds is 6. The van der Waals surface area contributed by atoms with Crippen LogP contribution in [-0.4, -0.2) is 35.4 Å². The molecule has 0 atom stereocenters. The van der Waals surface area contributed by atoms with Gasteiger partial charge < -0.3 is 9.73 Å². The molecule has 1 amide bonds. The molecule has 0 unspecified atom stereocenters.